The number of benzene rings is 2. The summed E-state index contributed by atoms with van der Waals surface area (Å²) in [4.78, 5) is 51.3. The van der Waals surface area contributed by atoms with Crippen molar-refractivity contribution in [1.82, 2.24) is 15.6 Å². The van der Waals surface area contributed by atoms with Crippen molar-refractivity contribution in [3.8, 4) is 0 Å². The molecule has 0 aliphatic heterocycles. The van der Waals surface area contributed by atoms with Gasteiger partial charge >= 0.3 is 11.9 Å². The van der Waals surface area contributed by atoms with Crippen molar-refractivity contribution in [3.63, 3.8) is 0 Å². The summed E-state index contributed by atoms with van der Waals surface area (Å²) in [6.07, 6.45) is 1.43. The fourth-order valence-electron chi connectivity index (χ4n) is 3.36. The molecule has 0 bridgehead atoms. The van der Waals surface area contributed by atoms with E-state index in [2.05, 4.69) is 15.6 Å². The fourth-order valence-corrected chi connectivity index (χ4v) is 3.36. The number of carboxylic acids is 1. The van der Waals surface area contributed by atoms with Crippen molar-refractivity contribution in [3.05, 3.63) is 71.9 Å². The van der Waals surface area contributed by atoms with Gasteiger partial charge in [0.05, 0.1) is 12.5 Å². The number of carbonyl (C=O) groups excluding carboxylic acids is 3. The number of ether oxygens (including phenoxy) is 1. The number of hydrogen-bond donors (Lipinski definition) is 5. The van der Waals surface area contributed by atoms with Crippen molar-refractivity contribution in [1.29, 1.82) is 0 Å². The third kappa shape index (κ3) is 6.91. The minimum absolute atomic E-state index is 0.0504. The molecular formula is C24H26N4O6. The number of esters is 1. The van der Waals surface area contributed by atoms with Gasteiger partial charge < -0.3 is 31.2 Å². The Morgan fingerprint density at radius 1 is 1.00 bits per heavy atom. The highest BCUT2D eigenvalue weighted by Crippen LogP contribution is 2.19. The predicted molar refractivity (Wildman–Crippen MR) is 123 cm³/mol. The Bertz CT molecular complexity index is 1160. The number of fused-ring (bicyclic) bond motifs is 1. The largest absolute Gasteiger partial charge is 0.480 e. The second kappa shape index (κ2) is 11.6. The molecule has 0 radical (unpaired) electrons. The molecule has 3 aromatic rings. The van der Waals surface area contributed by atoms with Crippen LogP contribution in [0, 0.1) is 0 Å². The van der Waals surface area contributed by atoms with E-state index in [0.29, 0.717) is 0 Å². The lowest BCUT2D eigenvalue weighted by molar-refractivity contribution is -0.147. The number of nitrogens with two attached hydrogens (primary N) is 1. The van der Waals surface area contributed by atoms with Gasteiger partial charge in [-0.25, -0.2) is 0 Å². The third-order valence-corrected chi connectivity index (χ3v) is 5.11. The van der Waals surface area contributed by atoms with Crippen LogP contribution in [0.15, 0.2) is 60.8 Å². The second-order valence-corrected chi connectivity index (χ2v) is 7.69. The van der Waals surface area contributed by atoms with E-state index >= 15 is 0 Å². The molecular weight excluding hydrogens is 440 g/mol. The predicted octanol–water partition coefficient (Wildman–Crippen LogP) is 0.857. The van der Waals surface area contributed by atoms with Gasteiger partial charge in [-0.3, -0.25) is 19.2 Å². The Labute approximate surface area is 195 Å². The van der Waals surface area contributed by atoms with Crippen LogP contribution in [0.5, 0.6) is 0 Å². The van der Waals surface area contributed by atoms with Crippen LogP contribution in [0.3, 0.4) is 0 Å². The summed E-state index contributed by atoms with van der Waals surface area (Å²) in [5.41, 5.74) is 8.28. The highest BCUT2D eigenvalue weighted by atomic mass is 16.5. The van der Waals surface area contributed by atoms with Crippen LogP contribution >= 0.6 is 0 Å². The lowest BCUT2D eigenvalue weighted by atomic mass is 10.0. The summed E-state index contributed by atoms with van der Waals surface area (Å²) >= 11 is 0. The maximum absolute atomic E-state index is 12.6. The van der Waals surface area contributed by atoms with Gasteiger partial charge in [0.1, 0.15) is 19.2 Å². The Balaban J connectivity index is 1.62. The minimum atomic E-state index is -1.25. The number of carboxylic acid groups (broad SMARTS) is 1. The fraction of sp³-hybridized carbons (Fsp3) is 0.250. The number of amides is 2. The Kier molecular flexibility index (Phi) is 8.36. The molecule has 10 nitrogen and oxygen atoms in total. The molecule has 0 saturated carbocycles. The first kappa shape index (κ1) is 24.5. The summed E-state index contributed by atoms with van der Waals surface area (Å²) in [6.45, 7) is -0.550. The molecule has 2 amide bonds. The van der Waals surface area contributed by atoms with Crippen molar-refractivity contribution < 1.29 is 29.0 Å². The third-order valence-electron chi connectivity index (χ3n) is 5.11. The zero-order valence-electron chi connectivity index (χ0n) is 18.3. The Hall–Kier alpha value is -4.18. The van der Waals surface area contributed by atoms with Gasteiger partial charge in [-0.05, 0) is 17.2 Å². The molecule has 6 N–H and O–H groups in total. The number of aromatic amines is 1. The zero-order chi connectivity index (χ0) is 24.5. The van der Waals surface area contributed by atoms with Crippen molar-refractivity contribution >= 4 is 34.7 Å². The second-order valence-electron chi connectivity index (χ2n) is 7.69. The van der Waals surface area contributed by atoms with Crippen LogP contribution in [-0.4, -0.2) is 52.5 Å². The molecule has 10 heteroatoms. The van der Waals surface area contributed by atoms with Crippen LogP contribution < -0.4 is 16.4 Å². The number of carbonyl (C=O) groups is 4. The number of aromatic nitrogens is 1. The van der Waals surface area contributed by atoms with Crippen LogP contribution in [0.25, 0.3) is 10.9 Å². The topological polar surface area (TPSA) is 164 Å². The van der Waals surface area contributed by atoms with Crippen LogP contribution in [-0.2, 0) is 36.9 Å². The standard InChI is InChI=1S/C24H26N4O6/c25-18(11-22(31)34-14-15-6-2-1-3-7-15)23(32)28-20(24(33)27-13-21(29)30)10-16-12-26-19-9-5-4-8-17(16)19/h1-9,12,18,20,26H,10-11,13-14,25H2,(H,27,33)(H,28,32)(H,29,30)/t18-,20-/m0/s1. The van der Waals surface area contributed by atoms with Gasteiger partial charge in [0, 0.05) is 23.5 Å². The molecule has 2 aromatic carbocycles. The number of aliphatic carboxylic acids is 1. The molecule has 0 aliphatic carbocycles. The smallest absolute Gasteiger partial charge is 0.322 e. The van der Waals surface area contributed by atoms with E-state index in [1.807, 2.05) is 42.5 Å². The summed E-state index contributed by atoms with van der Waals surface area (Å²) in [5.74, 6) is -3.29. The summed E-state index contributed by atoms with van der Waals surface area (Å²) < 4.78 is 5.15. The lowest BCUT2D eigenvalue weighted by Gasteiger charge is -2.20. The van der Waals surface area contributed by atoms with E-state index in [9.17, 15) is 19.2 Å². The molecule has 2 atom stereocenters. The molecule has 0 aliphatic rings. The van der Waals surface area contributed by atoms with Gasteiger partial charge in [0.25, 0.3) is 0 Å². The van der Waals surface area contributed by atoms with Crippen molar-refractivity contribution in [2.45, 2.75) is 31.5 Å². The van der Waals surface area contributed by atoms with E-state index in [1.54, 1.807) is 18.3 Å². The molecule has 1 heterocycles. The van der Waals surface area contributed by atoms with Gasteiger partial charge in [0.15, 0.2) is 0 Å². The number of rotatable bonds is 11. The first-order valence-corrected chi connectivity index (χ1v) is 10.6. The summed E-state index contributed by atoms with van der Waals surface area (Å²) in [6, 6.07) is 14.1. The molecule has 0 spiro atoms. The highest BCUT2D eigenvalue weighted by Gasteiger charge is 2.27. The summed E-state index contributed by atoms with van der Waals surface area (Å²) in [7, 11) is 0. The molecule has 178 valence electrons. The number of nitrogens with one attached hydrogen (secondary N) is 3. The van der Waals surface area contributed by atoms with Crippen LogP contribution in [0.4, 0.5) is 0 Å². The average Bonchev–Trinajstić information content (AvgIpc) is 3.24. The molecule has 0 unspecified atom stereocenters. The maximum atomic E-state index is 12.6. The maximum Gasteiger partial charge on any atom is 0.322 e. The van der Waals surface area contributed by atoms with E-state index in [-0.39, 0.29) is 19.4 Å². The molecule has 34 heavy (non-hydrogen) atoms. The van der Waals surface area contributed by atoms with E-state index < -0.39 is 42.4 Å². The van der Waals surface area contributed by atoms with Crippen molar-refractivity contribution in [2.24, 2.45) is 5.73 Å². The number of para-hydroxylation sites is 1. The number of hydrogen-bond acceptors (Lipinski definition) is 6. The molecule has 0 fully saturated rings. The Morgan fingerprint density at radius 2 is 1.71 bits per heavy atom. The quantitative estimate of drug-likeness (QED) is 0.262. The minimum Gasteiger partial charge on any atom is -0.480 e. The van der Waals surface area contributed by atoms with E-state index in [1.165, 1.54) is 0 Å². The lowest BCUT2D eigenvalue weighted by Crippen LogP contribution is -2.53. The molecule has 0 saturated heterocycles. The van der Waals surface area contributed by atoms with Crippen LogP contribution in [0.2, 0.25) is 0 Å². The zero-order valence-corrected chi connectivity index (χ0v) is 18.3. The first-order chi connectivity index (χ1) is 16.3. The van der Waals surface area contributed by atoms with E-state index in [4.69, 9.17) is 15.6 Å². The van der Waals surface area contributed by atoms with E-state index in [0.717, 1.165) is 22.0 Å². The molecule has 1 aromatic heterocycles. The average molecular weight is 466 g/mol. The molecule has 3 rings (SSSR count). The van der Waals surface area contributed by atoms with Gasteiger partial charge in [-0.2, -0.15) is 0 Å². The Morgan fingerprint density at radius 3 is 2.44 bits per heavy atom. The monoisotopic (exact) mass is 466 g/mol. The van der Waals surface area contributed by atoms with Crippen LogP contribution in [0.1, 0.15) is 17.5 Å². The normalized spacial score (nSPS) is 12.5. The van der Waals surface area contributed by atoms with Gasteiger partial charge in [-0.15, -0.1) is 0 Å². The first-order valence-electron chi connectivity index (χ1n) is 10.6. The van der Waals surface area contributed by atoms with Crippen molar-refractivity contribution in [2.75, 3.05) is 6.54 Å². The highest BCUT2D eigenvalue weighted by molar-refractivity contribution is 5.93. The number of H-pyrrole nitrogens is 1. The van der Waals surface area contributed by atoms with Gasteiger partial charge in [-0.1, -0.05) is 48.5 Å². The SMILES string of the molecule is N[C@@H](CC(=O)OCc1ccccc1)C(=O)N[C@@H](Cc1c[nH]c2ccccc12)C(=O)NCC(=O)O. The summed E-state index contributed by atoms with van der Waals surface area (Å²) in [5, 5.41) is 14.5. The van der Waals surface area contributed by atoms with Gasteiger partial charge in [0.2, 0.25) is 11.8 Å².